The van der Waals surface area contributed by atoms with E-state index in [0.717, 1.165) is 17.2 Å². The lowest BCUT2D eigenvalue weighted by molar-refractivity contribution is 0.112. The molecule has 0 saturated heterocycles. The summed E-state index contributed by atoms with van der Waals surface area (Å²) >= 11 is 5.84. The summed E-state index contributed by atoms with van der Waals surface area (Å²) in [7, 11) is -3.75. The van der Waals surface area contributed by atoms with Crippen molar-refractivity contribution in [1.29, 1.82) is 0 Å². The van der Waals surface area contributed by atoms with Crippen LogP contribution in [0.1, 0.15) is 17.3 Å². The molecule has 6 nitrogen and oxygen atoms in total. The number of para-hydroxylation sites is 1. The standard InChI is InChI=1S/C20H21ClN2O4S/c1-2-23(28(26,27)18-9-7-16(21)8-10-18)13-17(25)12-22-11-15(14-24)19-5-3-4-6-20(19)22/h3-11,14,17,25H,2,12-13H2,1H3/t17-/m1/s1. The molecule has 0 fully saturated rings. The van der Waals surface area contributed by atoms with Gasteiger partial charge < -0.3 is 9.67 Å². The van der Waals surface area contributed by atoms with Crippen molar-refractivity contribution >= 4 is 38.8 Å². The molecule has 0 amide bonds. The van der Waals surface area contributed by atoms with E-state index in [1.807, 2.05) is 24.3 Å². The van der Waals surface area contributed by atoms with Gasteiger partial charge in [-0.2, -0.15) is 4.31 Å². The van der Waals surface area contributed by atoms with Crippen LogP contribution in [0.4, 0.5) is 0 Å². The largest absolute Gasteiger partial charge is 0.390 e. The van der Waals surface area contributed by atoms with Crippen LogP contribution in [0.25, 0.3) is 10.9 Å². The van der Waals surface area contributed by atoms with Crippen molar-refractivity contribution in [3.8, 4) is 0 Å². The highest BCUT2D eigenvalue weighted by molar-refractivity contribution is 7.89. The number of benzene rings is 2. The summed E-state index contributed by atoms with van der Waals surface area (Å²) in [4.78, 5) is 11.4. The zero-order valence-corrected chi connectivity index (χ0v) is 16.9. The summed E-state index contributed by atoms with van der Waals surface area (Å²) in [5, 5.41) is 11.8. The third kappa shape index (κ3) is 4.12. The second-order valence-electron chi connectivity index (χ2n) is 6.44. The number of halogens is 1. The van der Waals surface area contributed by atoms with E-state index in [1.54, 1.807) is 17.7 Å². The second kappa shape index (κ2) is 8.45. The molecule has 8 heteroatoms. The number of fused-ring (bicyclic) bond motifs is 1. The van der Waals surface area contributed by atoms with Gasteiger partial charge in [-0.3, -0.25) is 4.79 Å². The first-order valence-corrected chi connectivity index (χ1v) is 10.7. The van der Waals surface area contributed by atoms with E-state index >= 15 is 0 Å². The molecular formula is C20H21ClN2O4S. The SMILES string of the molecule is CCN(C[C@H](O)Cn1cc(C=O)c2ccccc21)S(=O)(=O)c1ccc(Cl)cc1. The molecule has 0 bridgehead atoms. The molecule has 0 unspecified atom stereocenters. The topological polar surface area (TPSA) is 79.6 Å². The van der Waals surface area contributed by atoms with Gasteiger partial charge in [0.15, 0.2) is 6.29 Å². The number of aliphatic hydroxyl groups is 1. The van der Waals surface area contributed by atoms with Crippen molar-refractivity contribution in [2.24, 2.45) is 0 Å². The van der Waals surface area contributed by atoms with Gasteiger partial charge in [0.1, 0.15) is 0 Å². The monoisotopic (exact) mass is 420 g/mol. The molecule has 0 radical (unpaired) electrons. The molecule has 1 N–H and O–H groups in total. The Labute approximate surface area is 169 Å². The molecule has 0 spiro atoms. The zero-order valence-electron chi connectivity index (χ0n) is 15.3. The number of carbonyl (C=O) groups is 1. The van der Waals surface area contributed by atoms with Gasteiger partial charge in [0.2, 0.25) is 10.0 Å². The Balaban J connectivity index is 1.80. The predicted octanol–water partition coefficient (Wildman–Crippen LogP) is 3.18. The summed E-state index contributed by atoms with van der Waals surface area (Å²) < 4.78 is 28.7. The van der Waals surface area contributed by atoms with Crippen LogP contribution in [-0.2, 0) is 16.6 Å². The number of hydrogen-bond acceptors (Lipinski definition) is 4. The van der Waals surface area contributed by atoms with E-state index in [0.29, 0.717) is 10.6 Å². The Morgan fingerprint density at radius 2 is 1.86 bits per heavy atom. The predicted molar refractivity (Wildman–Crippen MR) is 109 cm³/mol. The minimum atomic E-state index is -3.75. The summed E-state index contributed by atoms with van der Waals surface area (Å²) in [6.07, 6.45) is 1.50. The first-order chi connectivity index (χ1) is 13.4. The molecule has 2 aromatic carbocycles. The van der Waals surface area contributed by atoms with Gasteiger partial charge in [-0.25, -0.2) is 8.42 Å². The average Bonchev–Trinajstić information content (AvgIpc) is 3.04. The number of aromatic nitrogens is 1. The quantitative estimate of drug-likeness (QED) is 0.567. The summed E-state index contributed by atoms with van der Waals surface area (Å²) in [5.74, 6) is 0. The van der Waals surface area contributed by atoms with E-state index in [-0.39, 0.29) is 24.5 Å². The van der Waals surface area contributed by atoms with Gasteiger partial charge in [-0.05, 0) is 30.3 Å². The minimum Gasteiger partial charge on any atom is -0.390 e. The van der Waals surface area contributed by atoms with Crippen molar-refractivity contribution in [2.45, 2.75) is 24.5 Å². The van der Waals surface area contributed by atoms with E-state index < -0.39 is 16.1 Å². The average molecular weight is 421 g/mol. The van der Waals surface area contributed by atoms with Crippen molar-refractivity contribution in [3.63, 3.8) is 0 Å². The molecule has 3 aromatic rings. The van der Waals surface area contributed by atoms with E-state index in [2.05, 4.69) is 0 Å². The van der Waals surface area contributed by atoms with Gasteiger partial charge >= 0.3 is 0 Å². The lowest BCUT2D eigenvalue weighted by Gasteiger charge is -2.24. The summed E-state index contributed by atoms with van der Waals surface area (Å²) in [5.41, 5.74) is 1.34. The Morgan fingerprint density at radius 3 is 2.50 bits per heavy atom. The smallest absolute Gasteiger partial charge is 0.243 e. The van der Waals surface area contributed by atoms with Crippen LogP contribution in [0.5, 0.6) is 0 Å². The fraction of sp³-hybridized carbons (Fsp3) is 0.250. The number of likely N-dealkylation sites (N-methyl/N-ethyl adjacent to an activating group) is 1. The molecule has 0 aliphatic rings. The van der Waals surface area contributed by atoms with Gasteiger partial charge in [-0.1, -0.05) is 36.7 Å². The van der Waals surface area contributed by atoms with E-state index in [1.165, 1.54) is 28.6 Å². The van der Waals surface area contributed by atoms with Gasteiger partial charge in [0.05, 0.1) is 11.0 Å². The molecule has 3 rings (SSSR count). The Hall–Kier alpha value is -2.19. The highest BCUT2D eigenvalue weighted by atomic mass is 35.5. The number of aliphatic hydroxyl groups excluding tert-OH is 1. The van der Waals surface area contributed by atoms with Crippen molar-refractivity contribution in [1.82, 2.24) is 8.87 Å². The highest BCUT2D eigenvalue weighted by Gasteiger charge is 2.25. The fourth-order valence-corrected chi connectivity index (χ4v) is 4.81. The third-order valence-corrected chi connectivity index (χ3v) is 6.78. The van der Waals surface area contributed by atoms with Crippen LogP contribution in [0.3, 0.4) is 0 Å². The van der Waals surface area contributed by atoms with Crippen LogP contribution < -0.4 is 0 Å². The van der Waals surface area contributed by atoms with Crippen LogP contribution >= 0.6 is 11.6 Å². The number of aldehydes is 1. The molecule has 0 aliphatic carbocycles. The van der Waals surface area contributed by atoms with Crippen molar-refractivity contribution < 1.29 is 18.3 Å². The number of hydrogen-bond donors (Lipinski definition) is 1. The molecule has 148 valence electrons. The van der Waals surface area contributed by atoms with Gasteiger partial charge in [-0.15, -0.1) is 0 Å². The lowest BCUT2D eigenvalue weighted by atomic mass is 10.2. The first-order valence-electron chi connectivity index (χ1n) is 8.83. The Bertz CT molecular complexity index is 1080. The Morgan fingerprint density at radius 1 is 1.18 bits per heavy atom. The molecule has 28 heavy (non-hydrogen) atoms. The van der Waals surface area contributed by atoms with Crippen LogP contribution in [-0.4, -0.2) is 47.9 Å². The number of carbonyl (C=O) groups excluding carboxylic acids is 1. The fourth-order valence-electron chi connectivity index (χ4n) is 3.19. The summed E-state index contributed by atoms with van der Waals surface area (Å²) in [6, 6.07) is 13.3. The maximum absolute atomic E-state index is 12.8. The molecule has 0 aliphatic heterocycles. The van der Waals surface area contributed by atoms with E-state index in [9.17, 15) is 18.3 Å². The molecule has 0 saturated carbocycles. The number of rotatable bonds is 8. The van der Waals surface area contributed by atoms with E-state index in [4.69, 9.17) is 11.6 Å². The highest BCUT2D eigenvalue weighted by Crippen LogP contribution is 2.22. The van der Waals surface area contributed by atoms with Crippen LogP contribution in [0.2, 0.25) is 5.02 Å². The van der Waals surface area contributed by atoms with Crippen LogP contribution in [0.15, 0.2) is 59.6 Å². The molecule has 1 heterocycles. The number of nitrogens with zero attached hydrogens (tertiary/aromatic N) is 2. The normalized spacial score (nSPS) is 13.1. The minimum absolute atomic E-state index is 0.0651. The maximum Gasteiger partial charge on any atom is 0.243 e. The van der Waals surface area contributed by atoms with Crippen molar-refractivity contribution in [3.05, 3.63) is 65.3 Å². The zero-order chi connectivity index (χ0) is 20.3. The third-order valence-electron chi connectivity index (χ3n) is 4.57. The number of sulfonamides is 1. The second-order valence-corrected chi connectivity index (χ2v) is 8.81. The van der Waals surface area contributed by atoms with Gasteiger partial charge in [0, 0.05) is 47.3 Å². The first kappa shape index (κ1) is 20.5. The summed E-state index contributed by atoms with van der Waals surface area (Å²) in [6.45, 7) is 2.04. The molecule has 1 aromatic heterocycles. The molecule has 1 atom stereocenters. The molecular weight excluding hydrogens is 400 g/mol. The Kier molecular flexibility index (Phi) is 6.20. The lowest BCUT2D eigenvalue weighted by Crippen LogP contribution is -2.38. The maximum atomic E-state index is 12.8. The van der Waals surface area contributed by atoms with Crippen molar-refractivity contribution in [2.75, 3.05) is 13.1 Å². The van der Waals surface area contributed by atoms with Crippen LogP contribution in [0, 0.1) is 0 Å². The van der Waals surface area contributed by atoms with Gasteiger partial charge in [0.25, 0.3) is 0 Å².